The summed E-state index contributed by atoms with van der Waals surface area (Å²) in [5, 5.41) is 4.54. The Labute approximate surface area is 386 Å². The van der Waals surface area contributed by atoms with Crippen LogP contribution in [0.25, 0.3) is 88.3 Å². The summed E-state index contributed by atoms with van der Waals surface area (Å²) in [7, 11) is 0. The molecule has 0 spiro atoms. The fourth-order valence-corrected chi connectivity index (χ4v) is 11.7. The molecule has 0 unspecified atom stereocenters. The van der Waals surface area contributed by atoms with Crippen molar-refractivity contribution in [2.75, 3.05) is 4.90 Å². The van der Waals surface area contributed by atoms with Crippen LogP contribution in [0.5, 0.6) is 0 Å². The van der Waals surface area contributed by atoms with E-state index in [2.05, 4.69) is 245 Å². The Morgan fingerprint density at radius 3 is 1.82 bits per heavy atom. The second kappa shape index (κ2) is 14.3. The minimum atomic E-state index is -0.145. The summed E-state index contributed by atoms with van der Waals surface area (Å²) in [4.78, 5) is 2.45. The van der Waals surface area contributed by atoms with Crippen LogP contribution in [0.4, 0.5) is 17.1 Å². The summed E-state index contributed by atoms with van der Waals surface area (Å²) in [5.74, 6) is 0. The quantitative estimate of drug-likeness (QED) is 0.166. The van der Waals surface area contributed by atoms with Crippen molar-refractivity contribution in [1.82, 2.24) is 0 Å². The van der Waals surface area contributed by atoms with Gasteiger partial charge in [0, 0.05) is 43.9 Å². The second-order valence-corrected chi connectivity index (χ2v) is 19.2. The molecule has 0 bridgehead atoms. The van der Waals surface area contributed by atoms with Crippen molar-refractivity contribution in [2.24, 2.45) is 0 Å². The van der Waals surface area contributed by atoms with Gasteiger partial charge in [0.2, 0.25) is 0 Å². The minimum absolute atomic E-state index is 0.0689. The molecule has 1 aromatic heterocycles. The maximum absolute atomic E-state index is 6.74. The highest BCUT2D eigenvalue weighted by molar-refractivity contribution is 6.19. The number of anilines is 3. The number of fused-ring (bicyclic) bond motifs is 11. The number of furan rings is 1. The maximum Gasteiger partial charge on any atom is 0.143 e. The molecule has 0 N–H and O–H groups in total. The fraction of sp³-hybridized carbons (Fsp3) is 0.0938. The molecule has 0 radical (unpaired) electrons. The van der Waals surface area contributed by atoms with Crippen LogP contribution in [0.3, 0.4) is 0 Å². The zero-order chi connectivity index (χ0) is 44.3. The van der Waals surface area contributed by atoms with Gasteiger partial charge < -0.3 is 9.32 Å². The molecule has 0 saturated heterocycles. The molecular weight excluding hydrogens is 799 g/mol. The molecule has 0 saturated carbocycles. The standard InChI is InChI=1S/C64H47NO/c1-63(2)55-26-10-7-20-48(55)50-36-33-42(39-57(50)63)40-30-34-44(35-31-40)65(45-18-13-17-43(38-45)46-23-14-25-53-49-21-8-11-27-56(49)64(3,4)61(46)53)58-28-12-9-22-51(58)52-24-15-29-59-60(52)54-37-32-41-16-5-6-19-47(41)62(54)66-59/h5-39H,1-4H3. The highest BCUT2D eigenvalue weighted by atomic mass is 16.3. The van der Waals surface area contributed by atoms with Crippen LogP contribution in [-0.4, -0.2) is 0 Å². The van der Waals surface area contributed by atoms with Crippen LogP contribution >= 0.6 is 0 Å². The monoisotopic (exact) mass is 845 g/mol. The van der Waals surface area contributed by atoms with Crippen LogP contribution in [0.15, 0.2) is 217 Å². The first kappa shape index (κ1) is 38.5. The van der Waals surface area contributed by atoms with Crippen LogP contribution in [0, 0.1) is 0 Å². The van der Waals surface area contributed by atoms with E-state index in [1.54, 1.807) is 0 Å². The van der Waals surface area contributed by atoms with Crippen LogP contribution in [0.1, 0.15) is 49.9 Å². The van der Waals surface area contributed by atoms with E-state index in [4.69, 9.17) is 4.42 Å². The number of hydrogen-bond acceptors (Lipinski definition) is 2. The number of hydrogen-bond donors (Lipinski definition) is 0. The lowest BCUT2D eigenvalue weighted by molar-refractivity contribution is 0.660. The number of benzene rings is 10. The van der Waals surface area contributed by atoms with E-state index in [9.17, 15) is 0 Å². The molecule has 0 fully saturated rings. The van der Waals surface area contributed by atoms with Crippen molar-refractivity contribution in [3.05, 3.63) is 235 Å². The van der Waals surface area contributed by atoms with Gasteiger partial charge in [-0.15, -0.1) is 0 Å². The van der Waals surface area contributed by atoms with Gasteiger partial charge in [0.15, 0.2) is 0 Å². The van der Waals surface area contributed by atoms with Gasteiger partial charge in [-0.05, 0) is 126 Å². The van der Waals surface area contributed by atoms with E-state index >= 15 is 0 Å². The molecule has 13 rings (SSSR count). The summed E-state index contributed by atoms with van der Waals surface area (Å²) in [6, 6.07) is 78.3. The van der Waals surface area contributed by atoms with E-state index < -0.39 is 0 Å². The maximum atomic E-state index is 6.74. The van der Waals surface area contributed by atoms with E-state index in [0.717, 1.165) is 55.5 Å². The Kier molecular flexibility index (Phi) is 8.33. The third-order valence-electron chi connectivity index (χ3n) is 14.9. The molecular formula is C64H47NO. The normalized spacial score (nSPS) is 14.0. The largest absolute Gasteiger partial charge is 0.455 e. The van der Waals surface area contributed by atoms with Crippen molar-refractivity contribution in [2.45, 2.75) is 38.5 Å². The van der Waals surface area contributed by atoms with E-state index in [1.807, 2.05) is 0 Å². The molecule has 314 valence electrons. The number of rotatable bonds is 6. The van der Waals surface area contributed by atoms with Gasteiger partial charge in [-0.1, -0.05) is 191 Å². The molecule has 0 aliphatic heterocycles. The predicted molar refractivity (Wildman–Crippen MR) is 277 cm³/mol. The first-order chi connectivity index (χ1) is 32.3. The Balaban J connectivity index is 0.987. The Morgan fingerprint density at radius 2 is 0.985 bits per heavy atom. The van der Waals surface area contributed by atoms with Crippen molar-refractivity contribution < 1.29 is 4.42 Å². The van der Waals surface area contributed by atoms with Crippen LogP contribution in [0.2, 0.25) is 0 Å². The zero-order valence-electron chi connectivity index (χ0n) is 37.6. The fourth-order valence-electron chi connectivity index (χ4n) is 11.7. The Hall–Kier alpha value is -7.94. The van der Waals surface area contributed by atoms with Crippen LogP contribution < -0.4 is 4.90 Å². The summed E-state index contributed by atoms with van der Waals surface area (Å²) in [6.45, 7) is 9.46. The Morgan fingerprint density at radius 1 is 0.364 bits per heavy atom. The summed E-state index contributed by atoms with van der Waals surface area (Å²) >= 11 is 0. The van der Waals surface area contributed by atoms with Gasteiger partial charge in [0.25, 0.3) is 0 Å². The molecule has 1 heterocycles. The number of para-hydroxylation sites is 1. The molecule has 0 atom stereocenters. The highest BCUT2D eigenvalue weighted by Crippen LogP contribution is 2.54. The summed E-state index contributed by atoms with van der Waals surface area (Å²) in [6.07, 6.45) is 0. The van der Waals surface area contributed by atoms with Crippen molar-refractivity contribution in [1.29, 1.82) is 0 Å². The molecule has 2 aliphatic rings. The van der Waals surface area contributed by atoms with Gasteiger partial charge in [0.05, 0.1) is 5.69 Å². The molecule has 2 heteroatoms. The van der Waals surface area contributed by atoms with E-state index in [0.29, 0.717) is 0 Å². The smallest absolute Gasteiger partial charge is 0.143 e. The first-order valence-corrected chi connectivity index (χ1v) is 23.2. The average Bonchev–Trinajstić information content (AvgIpc) is 3.95. The Bertz CT molecular complexity index is 3770. The van der Waals surface area contributed by atoms with Gasteiger partial charge in [-0.3, -0.25) is 0 Å². The van der Waals surface area contributed by atoms with E-state index in [1.165, 1.54) is 72.1 Å². The molecule has 0 amide bonds. The SMILES string of the molecule is CC1(C)c2ccccc2-c2ccc(-c3ccc(N(c4cccc(-c5cccc6c5C(C)(C)c5ccccc5-6)c4)c4ccccc4-c4cccc5oc6c7ccccc7ccc6c45)cc3)cc21. The van der Waals surface area contributed by atoms with Crippen molar-refractivity contribution in [3.8, 4) is 55.6 Å². The highest BCUT2D eigenvalue weighted by Gasteiger charge is 2.38. The van der Waals surface area contributed by atoms with E-state index in [-0.39, 0.29) is 10.8 Å². The lowest BCUT2D eigenvalue weighted by atomic mass is 9.79. The van der Waals surface area contributed by atoms with Crippen LogP contribution in [-0.2, 0) is 10.8 Å². The lowest BCUT2D eigenvalue weighted by Crippen LogP contribution is -2.16. The predicted octanol–water partition coefficient (Wildman–Crippen LogP) is 17.8. The van der Waals surface area contributed by atoms with Crippen molar-refractivity contribution >= 4 is 49.8 Å². The third kappa shape index (κ3) is 5.61. The van der Waals surface area contributed by atoms with Gasteiger partial charge in [-0.2, -0.15) is 0 Å². The summed E-state index contributed by atoms with van der Waals surface area (Å²) < 4.78 is 6.74. The van der Waals surface area contributed by atoms with Crippen molar-refractivity contribution in [3.63, 3.8) is 0 Å². The average molecular weight is 846 g/mol. The second-order valence-electron chi connectivity index (χ2n) is 19.2. The lowest BCUT2D eigenvalue weighted by Gasteiger charge is -2.29. The molecule has 11 aromatic rings. The third-order valence-corrected chi connectivity index (χ3v) is 14.9. The summed E-state index contributed by atoms with van der Waals surface area (Å²) in [5.41, 5.74) is 22.9. The van der Waals surface area contributed by atoms with Gasteiger partial charge in [-0.25, -0.2) is 0 Å². The topological polar surface area (TPSA) is 16.4 Å². The molecule has 2 nitrogen and oxygen atoms in total. The minimum Gasteiger partial charge on any atom is -0.455 e. The first-order valence-electron chi connectivity index (χ1n) is 23.2. The van der Waals surface area contributed by atoms with Gasteiger partial charge >= 0.3 is 0 Å². The molecule has 66 heavy (non-hydrogen) atoms. The molecule has 2 aliphatic carbocycles. The zero-order valence-corrected chi connectivity index (χ0v) is 37.6. The van der Waals surface area contributed by atoms with Gasteiger partial charge in [0.1, 0.15) is 11.2 Å². The molecule has 10 aromatic carbocycles. The number of nitrogens with zero attached hydrogens (tertiary/aromatic N) is 1.